The molecule has 2 N–H and O–H groups in total. The van der Waals surface area contributed by atoms with Gasteiger partial charge in [0.1, 0.15) is 0 Å². The molecule has 0 aliphatic carbocycles. The van der Waals surface area contributed by atoms with Gasteiger partial charge in [0.25, 0.3) is 5.91 Å². The molecule has 7 heteroatoms. The molecule has 30 heavy (non-hydrogen) atoms. The lowest BCUT2D eigenvalue weighted by Crippen LogP contribution is -2.21. The van der Waals surface area contributed by atoms with Gasteiger partial charge in [0.2, 0.25) is 5.91 Å². The fourth-order valence-corrected chi connectivity index (χ4v) is 3.14. The second-order valence-electron chi connectivity index (χ2n) is 7.35. The lowest BCUT2D eigenvalue weighted by molar-refractivity contribution is -0.147. The second kappa shape index (κ2) is 10.9. The van der Waals surface area contributed by atoms with Crippen LogP contribution < -0.4 is 10.6 Å². The minimum atomic E-state index is -0.507. The van der Waals surface area contributed by atoms with Crippen LogP contribution >= 0.6 is 15.9 Å². The van der Waals surface area contributed by atoms with Gasteiger partial charge in [0.05, 0.1) is 0 Å². The quantitative estimate of drug-likeness (QED) is 0.528. The maximum atomic E-state index is 12.1. The summed E-state index contributed by atoms with van der Waals surface area (Å²) in [6, 6.07) is 9.52. The highest BCUT2D eigenvalue weighted by molar-refractivity contribution is 9.10. The van der Waals surface area contributed by atoms with E-state index in [0.29, 0.717) is 12.1 Å². The van der Waals surface area contributed by atoms with Crippen molar-refractivity contribution in [3.63, 3.8) is 0 Å². The van der Waals surface area contributed by atoms with Gasteiger partial charge in [-0.15, -0.1) is 0 Å². The highest BCUT2D eigenvalue weighted by Gasteiger charge is 2.11. The summed E-state index contributed by atoms with van der Waals surface area (Å²) < 4.78 is 6.00. The van der Waals surface area contributed by atoms with Crippen LogP contribution in [-0.4, -0.2) is 24.4 Å². The van der Waals surface area contributed by atoms with Crippen molar-refractivity contribution in [2.45, 2.75) is 47.0 Å². The van der Waals surface area contributed by atoms with Crippen molar-refractivity contribution in [3.8, 4) is 0 Å². The Kier molecular flexibility index (Phi) is 8.59. The minimum Gasteiger partial charge on any atom is -0.456 e. The summed E-state index contributed by atoms with van der Waals surface area (Å²) in [6.45, 7) is 7.39. The van der Waals surface area contributed by atoms with Gasteiger partial charge < -0.3 is 15.4 Å². The number of carbonyl (C=O) groups is 3. The Morgan fingerprint density at radius 2 is 1.53 bits per heavy atom. The molecular formula is C23H27BrN2O4. The Balaban J connectivity index is 1.70. The number of ether oxygens (including phenoxy) is 1. The van der Waals surface area contributed by atoms with Crippen LogP contribution in [0, 0.1) is 27.7 Å². The third kappa shape index (κ3) is 7.30. The molecule has 0 aliphatic heterocycles. The van der Waals surface area contributed by atoms with Crippen molar-refractivity contribution in [2.24, 2.45) is 0 Å². The van der Waals surface area contributed by atoms with Gasteiger partial charge in [0, 0.05) is 28.7 Å². The van der Waals surface area contributed by atoms with Crippen molar-refractivity contribution in [3.05, 3.63) is 57.1 Å². The number of anilines is 2. The molecule has 2 amide bonds. The highest BCUT2D eigenvalue weighted by atomic mass is 79.9. The van der Waals surface area contributed by atoms with Crippen LogP contribution in [0.1, 0.15) is 41.5 Å². The topological polar surface area (TPSA) is 84.5 Å². The van der Waals surface area contributed by atoms with Crippen LogP contribution in [0.5, 0.6) is 0 Å². The third-order valence-electron chi connectivity index (χ3n) is 4.54. The van der Waals surface area contributed by atoms with E-state index in [0.717, 1.165) is 32.4 Å². The molecule has 0 fully saturated rings. The number of hydrogen-bond acceptors (Lipinski definition) is 4. The first-order valence-corrected chi connectivity index (χ1v) is 10.5. The van der Waals surface area contributed by atoms with Crippen molar-refractivity contribution in [2.75, 3.05) is 17.2 Å². The highest BCUT2D eigenvalue weighted by Crippen LogP contribution is 2.25. The van der Waals surface area contributed by atoms with E-state index in [1.807, 2.05) is 58.0 Å². The van der Waals surface area contributed by atoms with Crippen LogP contribution in [-0.2, 0) is 19.1 Å². The van der Waals surface area contributed by atoms with E-state index in [9.17, 15) is 14.4 Å². The molecule has 0 heterocycles. The molecule has 6 nitrogen and oxygen atoms in total. The third-order valence-corrected chi connectivity index (χ3v) is 5.79. The van der Waals surface area contributed by atoms with E-state index in [1.54, 1.807) is 0 Å². The molecule has 0 radical (unpaired) electrons. The van der Waals surface area contributed by atoms with Crippen molar-refractivity contribution >= 4 is 45.1 Å². The maximum absolute atomic E-state index is 12.1. The van der Waals surface area contributed by atoms with Gasteiger partial charge in [-0.2, -0.15) is 0 Å². The summed E-state index contributed by atoms with van der Waals surface area (Å²) in [5.74, 6) is -1.07. The predicted octanol–water partition coefficient (Wildman–Crippen LogP) is 4.97. The SMILES string of the molecule is Cc1ccc(C)c(NC(=O)CCCC(=O)OCC(=O)Nc2cc(C)c(Br)c(C)c2)c1. The zero-order chi connectivity index (χ0) is 22.3. The smallest absolute Gasteiger partial charge is 0.306 e. The molecule has 2 aromatic carbocycles. The molecule has 0 unspecified atom stereocenters. The second-order valence-corrected chi connectivity index (χ2v) is 8.15. The lowest BCUT2D eigenvalue weighted by atomic mass is 10.1. The van der Waals surface area contributed by atoms with Gasteiger partial charge in [0.15, 0.2) is 6.61 Å². The summed E-state index contributed by atoms with van der Waals surface area (Å²) in [5.41, 5.74) is 5.47. The number of carbonyl (C=O) groups excluding carboxylic acids is 3. The Morgan fingerprint density at radius 3 is 2.20 bits per heavy atom. The molecule has 0 aliphatic rings. The van der Waals surface area contributed by atoms with Gasteiger partial charge in [-0.25, -0.2) is 0 Å². The Morgan fingerprint density at radius 1 is 0.867 bits per heavy atom. The van der Waals surface area contributed by atoms with E-state index in [-0.39, 0.29) is 25.4 Å². The summed E-state index contributed by atoms with van der Waals surface area (Å²) in [4.78, 5) is 35.9. The zero-order valence-corrected chi connectivity index (χ0v) is 19.3. The van der Waals surface area contributed by atoms with Gasteiger partial charge >= 0.3 is 5.97 Å². The Bertz CT molecular complexity index is 933. The predicted molar refractivity (Wildman–Crippen MR) is 122 cm³/mol. The van der Waals surface area contributed by atoms with E-state index < -0.39 is 11.9 Å². The standard InChI is InChI=1S/C23H27BrN2O4/c1-14-8-9-15(2)19(10-14)26-20(27)6-5-7-22(29)30-13-21(28)25-18-11-16(3)23(24)17(4)12-18/h8-12H,5-7,13H2,1-4H3,(H,25,28)(H,26,27). The molecular weight excluding hydrogens is 448 g/mol. The number of amides is 2. The lowest BCUT2D eigenvalue weighted by Gasteiger charge is -2.10. The number of aryl methyl sites for hydroxylation is 4. The maximum Gasteiger partial charge on any atom is 0.306 e. The van der Waals surface area contributed by atoms with Crippen LogP contribution in [0.2, 0.25) is 0 Å². The van der Waals surface area contributed by atoms with E-state index >= 15 is 0 Å². The monoisotopic (exact) mass is 474 g/mol. The first-order chi connectivity index (χ1) is 14.2. The average molecular weight is 475 g/mol. The molecule has 0 saturated heterocycles. The number of benzene rings is 2. The van der Waals surface area contributed by atoms with Gasteiger partial charge in [-0.05, 0) is 74.6 Å². The van der Waals surface area contributed by atoms with Crippen molar-refractivity contribution in [1.29, 1.82) is 0 Å². The number of nitrogens with one attached hydrogen (secondary N) is 2. The number of rotatable bonds is 8. The molecule has 160 valence electrons. The van der Waals surface area contributed by atoms with E-state index in [4.69, 9.17) is 4.74 Å². The average Bonchev–Trinajstić information content (AvgIpc) is 2.67. The summed E-state index contributed by atoms with van der Waals surface area (Å²) in [6.07, 6.45) is 0.623. The number of esters is 1. The molecule has 0 bridgehead atoms. The Labute approximate surface area is 185 Å². The van der Waals surface area contributed by atoms with Crippen LogP contribution in [0.4, 0.5) is 11.4 Å². The summed E-state index contributed by atoms with van der Waals surface area (Å²) in [5, 5.41) is 5.57. The van der Waals surface area contributed by atoms with Crippen LogP contribution in [0.15, 0.2) is 34.8 Å². The number of hydrogen-bond donors (Lipinski definition) is 2. The first kappa shape index (κ1) is 23.6. The van der Waals surface area contributed by atoms with Crippen LogP contribution in [0.3, 0.4) is 0 Å². The molecule has 0 aromatic heterocycles. The fourth-order valence-electron chi connectivity index (χ4n) is 2.91. The molecule has 0 saturated carbocycles. The molecule has 2 aromatic rings. The molecule has 0 spiro atoms. The van der Waals surface area contributed by atoms with E-state index in [2.05, 4.69) is 26.6 Å². The summed E-state index contributed by atoms with van der Waals surface area (Å²) >= 11 is 3.48. The zero-order valence-electron chi connectivity index (χ0n) is 17.7. The van der Waals surface area contributed by atoms with Gasteiger partial charge in [-0.3, -0.25) is 14.4 Å². The molecule has 2 rings (SSSR count). The largest absolute Gasteiger partial charge is 0.456 e. The summed E-state index contributed by atoms with van der Waals surface area (Å²) in [7, 11) is 0. The minimum absolute atomic E-state index is 0.0734. The fraction of sp³-hybridized carbons (Fsp3) is 0.348. The van der Waals surface area contributed by atoms with Crippen molar-refractivity contribution in [1.82, 2.24) is 0 Å². The normalized spacial score (nSPS) is 10.4. The Hall–Kier alpha value is -2.67. The number of halogens is 1. The molecule has 0 atom stereocenters. The first-order valence-electron chi connectivity index (χ1n) is 9.75. The van der Waals surface area contributed by atoms with Crippen molar-refractivity contribution < 1.29 is 19.1 Å². The van der Waals surface area contributed by atoms with Crippen LogP contribution in [0.25, 0.3) is 0 Å². The van der Waals surface area contributed by atoms with Gasteiger partial charge in [-0.1, -0.05) is 28.1 Å². The van der Waals surface area contributed by atoms with E-state index in [1.165, 1.54) is 0 Å².